The third-order valence-electron chi connectivity index (χ3n) is 2.82. The van der Waals surface area contributed by atoms with Crippen molar-refractivity contribution in [2.24, 2.45) is 5.73 Å². The smallest absolute Gasteiger partial charge is 0.229 e. The van der Waals surface area contributed by atoms with Crippen LogP contribution in [-0.4, -0.2) is 10.1 Å². The van der Waals surface area contributed by atoms with E-state index in [-0.39, 0.29) is 6.04 Å². The van der Waals surface area contributed by atoms with Crippen LogP contribution in [0.15, 0.2) is 34.9 Å². The molecule has 1 aliphatic carbocycles. The minimum absolute atomic E-state index is 0.294. The highest BCUT2D eigenvalue weighted by molar-refractivity contribution is 5.23. The standard InChI is InChI=1S/C12H13N3O/c13-10(8-4-2-1-3-5-8)11-14-12(16-15-11)9-6-7-9/h1-5,9-10H,6-7,13H2. The van der Waals surface area contributed by atoms with Crippen LogP contribution in [-0.2, 0) is 0 Å². The van der Waals surface area contributed by atoms with Crippen LogP contribution in [0.5, 0.6) is 0 Å². The number of aromatic nitrogens is 2. The number of benzene rings is 1. The molecule has 1 saturated carbocycles. The molecule has 0 radical (unpaired) electrons. The summed E-state index contributed by atoms with van der Waals surface area (Å²) in [6, 6.07) is 9.52. The molecular formula is C12H13N3O. The Bertz CT molecular complexity index is 476. The molecule has 16 heavy (non-hydrogen) atoms. The number of nitrogens with two attached hydrogens (primary N) is 1. The molecule has 1 aromatic heterocycles. The third kappa shape index (κ3) is 1.72. The minimum Gasteiger partial charge on any atom is -0.339 e. The maximum Gasteiger partial charge on any atom is 0.229 e. The van der Waals surface area contributed by atoms with Gasteiger partial charge in [0.2, 0.25) is 5.89 Å². The lowest BCUT2D eigenvalue weighted by atomic mass is 10.1. The minimum atomic E-state index is -0.294. The summed E-state index contributed by atoms with van der Waals surface area (Å²) >= 11 is 0. The lowest BCUT2D eigenvalue weighted by Crippen LogP contribution is -2.13. The number of hydrogen-bond acceptors (Lipinski definition) is 4. The average Bonchev–Trinajstić information content (AvgIpc) is 3.08. The van der Waals surface area contributed by atoms with Crippen molar-refractivity contribution in [1.29, 1.82) is 0 Å². The van der Waals surface area contributed by atoms with Gasteiger partial charge in [0.05, 0.1) is 6.04 Å². The van der Waals surface area contributed by atoms with Crippen LogP contribution in [0.25, 0.3) is 0 Å². The fraction of sp³-hybridized carbons (Fsp3) is 0.333. The van der Waals surface area contributed by atoms with Crippen molar-refractivity contribution in [2.75, 3.05) is 0 Å². The van der Waals surface area contributed by atoms with Gasteiger partial charge in [-0.1, -0.05) is 35.5 Å². The summed E-state index contributed by atoms with van der Waals surface area (Å²) < 4.78 is 5.19. The van der Waals surface area contributed by atoms with Gasteiger partial charge in [-0.15, -0.1) is 0 Å². The summed E-state index contributed by atoms with van der Waals surface area (Å²) in [5.41, 5.74) is 7.07. The van der Waals surface area contributed by atoms with E-state index in [0.717, 1.165) is 24.3 Å². The van der Waals surface area contributed by atoms with E-state index in [1.54, 1.807) is 0 Å². The van der Waals surface area contributed by atoms with Crippen molar-refractivity contribution in [3.63, 3.8) is 0 Å². The number of rotatable bonds is 3. The Morgan fingerprint density at radius 1 is 1.25 bits per heavy atom. The molecule has 2 aromatic rings. The van der Waals surface area contributed by atoms with E-state index in [1.165, 1.54) is 0 Å². The van der Waals surface area contributed by atoms with Gasteiger partial charge >= 0.3 is 0 Å². The second-order valence-corrected chi connectivity index (χ2v) is 4.15. The molecule has 0 spiro atoms. The predicted molar refractivity (Wildman–Crippen MR) is 58.7 cm³/mol. The average molecular weight is 215 g/mol. The van der Waals surface area contributed by atoms with E-state index in [0.29, 0.717) is 11.7 Å². The third-order valence-corrected chi connectivity index (χ3v) is 2.82. The fourth-order valence-corrected chi connectivity index (χ4v) is 1.68. The molecule has 1 atom stereocenters. The molecule has 1 heterocycles. The quantitative estimate of drug-likeness (QED) is 0.850. The molecule has 1 aromatic carbocycles. The van der Waals surface area contributed by atoms with Crippen LogP contribution < -0.4 is 5.73 Å². The lowest BCUT2D eigenvalue weighted by Gasteiger charge is -2.05. The summed E-state index contributed by atoms with van der Waals surface area (Å²) in [5.74, 6) is 1.79. The molecule has 2 N–H and O–H groups in total. The maximum absolute atomic E-state index is 6.07. The van der Waals surface area contributed by atoms with Gasteiger partial charge in [0.1, 0.15) is 0 Å². The predicted octanol–water partition coefficient (Wildman–Crippen LogP) is 2.00. The highest BCUT2D eigenvalue weighted by Gasteiger charge is 2.30. The Labute approximate surface area is 93.5 Å². The first kappa shape index (κ1) is 9.54. The Kier molecular flexibility index (Phi) is 2.22. The van der Waals surface area contributed by atoms with Gasteiger partial charge in [-0.2, -0.15) is 4.98 Å². The van der Waals surface area contributed by atoms with Crippen molar-refractivity contribution in [3.05, 3.63) is 47.6 Å². The summed E-state index contributed by atoms with van der Waals surface area (Å²) in [5, 5.41) is 3.94. The van der Waals surface area contributed by atoms with Crippen molar-refractivity contribution in [3.8, 4) is 0 Å². The van der Waals surface area contributed by atoms with Crippen molar-refractivity contribution in [2.45, 2.75) is 24.8 Å². The summed E-state index contributed by atoms with van der Waals surface area (Å²) in [4.78, 5) is 4.35. The Morgan fingerprint density at radius 2 is 2.00 bits per heavy atom. The molecule has 4 heteroatoms. The monoisotopic (exact) mass is 215 g/mol. The van der Waals surface area contributed by atoms with Gasteiger partial charge in [0.15, 0.2) is 5.82 Å². The second-order valence-electron chi connectivity index (χ2n) is 4.15. The van der Waals surface area contributed by atoms with Crippen molar-refractivity contribution >= 4 is 0 Å². The number of nitrogens with zero attached hydrogens (tertiary/aromatic N) is 2. The SMILES string of the molecule is NC(c1ccccc1)c1noc(C2CC2)n1. The highest BCUT2D eigenvalue weighted by Crippen LogP contribution is 2.39. The molecule has 0 bridgehead atoms. The molecule has 0 amide bonds. The van der Waals surface area contributed by atoms with E-state index in [9.17, 15) is 0 Å². The van der Waals surface area contributed by atoms with E-state index < -0.39 is 0 Å². The number of hydrogen-bond donors (Lipinski definition) is 1. The second kappa shape index (κ2) is 3.72. The van der Waals surface area contributed by atoms with E-state index in [1.807, 2.05) is 30.3 Å². The first-order valence-electron chi connectivity index (χ1n) is 5.48. The Morgan fingerprint density at radius 3 is 2.69 bits per heavy atom. The molecule has 4 nitrogen and oxygen atoms in total. The van der Waals surface area contributed by atoms with E-state index in [2.05, 4.69) is 10.1 Å². The normalized spacial score (nSPS) is 17.3. The fourth-order valence-electron chi connectivity index (χ4n) is 1.68. The summed E-state index contributed by atoms with van der Waals surface area (Å²) in [6.45, 7) is 0. The van der Waals surface area contributed by atoms with E-state index in [4.69, 9.17) is 10.3 Å². The molecule has 1 fully saturated rings. The van der Waals surface area contributed by atoms with Gasteiger partial charge in [-0.05, 0) is 18.4 Å². The molecule has 0 saturated heterocycles. The van der Waals surface area contributed by atoms with Gasteiger partial charge < -0.3 is 10.3 Å². The largest absolute Gasteiger partial charge is 0.339 e. The van der Waals surface area contributed by atoms with Crippen molar-refractivity contribution in [1.82, 2.24) is 10.1 Å². The van der Waals surface area contributed by atoms with Gasteiger partial charge in [0, 0.05) is 5.92 Å². The zero-order valence-electron chi connectivity index (χ0n) is 8.84. The Hall–Kier alpha value is -1.68. The maximum atomic E-state index is 6.07. The first-order valence-corrected chi connectivity index (χ1v) is 5.48. The van der Waals surface area contributed by atoms with Crippen LogP contribution in [0, 0.1) is 0 Å². The zero-order chi connectivity index (χ0) is 11.0. The van der Waals surface area contributed by atoms with Crippen LogP contribution in [0.2, 0.25) is 0 Å². The highest BCUT2D eigenvalue weighted by atomic mass is 16.5. The van der Waals surface area contributed by atoms with E-state index >= 15 is 0 Å². The van der Waals surface area contributed by atoms with Crippen LogP contribution >= 0.6 is 0 Å². The topological polar surface area (TPSA) is 64.9 Å². The van der Waals surface area contributed by atoms with Crippen LogP contribution in [0.4, 0.5) is 0 Å². The molecule has 1 aliphatic rings. The molecule has 82 valence electrons. The molecule has 3 rings (SSSR count). The molecule has 1 unspecified atom stereocenters. The first-order chi connectivity index (χ1) is 7.84. The van der Waals surface area contributed by atoms with Crippen LogP contribution in [0.1, 0.15) is 42.1 Å². The summed E-state index contributed by atoms with van der Waals surface area (Å²) in [6.07, 6.45) is 2.31. The molecule has 0 aliphatic heterocycles. The van der Waals surface area contributed by atoms with Gasteiger partial charge in [-0.3, -0.25) is 0 Å². The summed E-state index contributed by atoms with van der Waals surface area (Å²) in [7, 11) is 0. The van der Waals surface area contributed by atoms with Gasteiger partial charge in [-0.25, -0.2) is 0 Å². The lowest BCUT2D eigenvalue weighted by molar-refractivity contribution is 0.372. The Balaban J connectivity index is 1.85. The molecular weight excluding hydrogens is 202 g/mol. The van der Waals surface area contributed by atoms with Crippen LogP contribution in [0.3, 0.4) is 0 Å². The zero-order valence-corrected chi connectivity index (χ0v) is 8.84. The van der Waals surface area contributed by atoms with Crippen molar-refractivity contribution < 1.29 is 4.52 Å². The van der Waals surface area contributed by atoms with Gasteiger partial charge in [0.25, 0.3) is 0 Å².